The molecule has 1 aliphatic heterocycles. The quantitative estimate of drug-likeness (QED) is 0.866. The predicted octanol–water partition coefficient (Wildman–Crippen LogP) is 2.49. The van der Waals surface area contributed by atoms with E-state index in [9.17, 15) is 13.6 Å². The molecule has 1 aliphatic rings. The monoisotopic (exact) mass is 319 g/mol. The maximum Gasteiger partial charge on any atom is 0.377 e. The standard InChI is InChI=1S/C12H12BrF2NO2/c13-9-3-1-8(2-4-9)6-16-7-10-5-12(14,15)11(17)18-10/h1-4,10,16H,5-7H2. The minimum absolute atomic E-state index is 0.234. The van der Waals surface area contributed by atoms with Gasteiger partial charge in [-0.25, -0.2) is 4.79 Å². The van der Waals surface area contributed by atoms with Gasteiger partial charge in [-0.2, -0.15) is 8.78 Å². The molecule has 18 heavy (non-hydrogen) atoms. The number of ether oxygens (including phenoxy) is 1. The summed E-state index contributed by atoms with van der Waals surface area (Å²) in [5.41, 5.74) is 1.04. The number of esters is 1. The fraction of sp³-hybridized carbons (Fsp3) is 0.417. The normalized spacial score (nSPS) is 21.9. The lowest BCUT2D eigenvalue weighted by molar-refractivity contribution is -0.159. The number of nitrogens with one attached hydrogen (secondary N) is 1. The molecular weight excluding hydrogens is 308 g/mol. The molecular formula is C12H12BrF2NO2. The Hall–Kier alpha value is -1.01. The van der Waals surface area contributed by atoms with Gasteiger partial charge in [0.1, 0.15) is 6.10 Å². The molecule has 0 aromatic heterocycles. The summed E-state index contributed by atoms with van der Waals surface area (Å²) in [6.07, 6.45) is -1.29. The summed E-state index contributed by atoms with van der Waals surface area (Å²) in [5, 5.41) is 3.00. The largest absolute Gasteiger partial charge is 0.456 e. The van der Waals surface area contributed by atoms with E-state index in [1.807, 2.05) is 24.3 Å². The van der Waals surface area contributed by atoms with Gasteiger partial charge < -0.3 is 10.1 Å². The number of hydrogen-bond acceptors (Lipinski definition) is 3. The molecule has 1 unspecified atom stereocenters. The third kappa shape index (κ3) is 3.26. The molecule has 0 amide bonds. The lowest BCUT2D eigenvalue weighted by atomic mass is 10.2. The molecule has 1 aromatic carbocycles. The SMILES string of the molecule is O=C1OC(CNCc2ccc(Br)cc2)CC1(F)F. The summed E-state index contributed by atoms with van der Waals surface area (Å²) in [5.74, 6) is -4.75. The zero-order valence-electron chi connectivity index (χ0n) is 9.46. The highest BCUT2D eigenvalue weighted by atomic mass is 79.9. The number of hydrogen-bond donors (Lipinski definition) is 1. The highest BCUT2D eigenvalue weighted by molar-refractivity contribution is 9.10. The summed E-state index contributed by atoms with van der Waals surface area (Å²) in [7, 11) is 0. The molecule has 1 saturated heterocycles. The van der Waals surface area contributed by atoms with E-state index in [0.29, 0.717) is 6.54 Å². The van der Waals surface area contributed by atoms with Crippen molar-refractivity contribution in [3.05, 3.63) is 34.3 Å². The highest BCUT2D eigenvalue weighted by Crippen LogP contribution is 2.30. The Morgan fingerprint density at radius 2 is 2.06 bits per heavy atom. The van der Waals surface area contributed by atoms with Crippen LogP contribution in [0.2, 0.25) is 0 Å². The first kappa shape index (κ1) is 13.4. The first-order valence-corrected chi connectivity index (χ1v) is 6.31. The van der Waals surface area contributed by atoms with E-state index in [1.165, 1.54) is 0 Å². The van der Waals surface area contributed by atoms with Crippen LogP contribution in [0.15, 0.2) is 28.7 Å². The van der Waals surface area contributed by atoms with E-state index in [2.05, 4.69) is 26.0 Å². The Labute approximate surface area is 112 Å². The van der Waals surface area contributed by atoms with Crippen molar-refractivity contribution in [1.82, 2.24) is 5.32 Å². The van der Waals surface area contributed by atoms with Gasteiger partial charge in [0.05, 0.1) is 6.42 Å². The molecule has 0 saturated carbocycles. The zero-order valence-corrected chi connectivity index (χ0v) is 11.0. The topological polar surface area (TPSA) is 38.3 Å². The second kappa shape index (κ2) is 5.32. The minimum atomic E-state index is -3.33. The van der Waals surface area contributed by atoms with Crippen molar-refractivity contribution < 1.29 is 18.3 Å². The van der Waals surface area contributed by atoms with E-state index in [4.69, 9.17) is 0 Å². The van der Waals surface area contributed by atoms with Gasteiger partial charge in [-0.1, -0.05) is 28.1 Å². The predicted molar refractivity (Wildman–Crippen MR) is 65.3 cm³/mol. The fourth-order valence-electron chi connectivity index (χ4n) is 1.74. The first-order valence-electron chi connectivity index (χ1n) is 5.51. The van der Waals surface area contributed by atoms with Crippen molar-refractivity contribution in [1.29, 1.82) is 0 Å². The molecule has 1 atom stereocenters. The van der Waals surface area contributed by atoms with Gasteiger partial charge in [0.25, 0.3) is 0 Å². The number of benzene rings is 1. The Kier molecular flexibility index (Phi) is 3.97. The Bertz CT molecular complexity index is 436. The number of alkyl halides is 2. The van der Waals surface area contributed by atoms with Crippen LogP contribution >= 0.6 is 15.9 Å². The van der Waals surface area contributed by atoms with E-state index < -0.39 is 24.4 Å². The van der Waals surface area contributed by atoms with Crippen LogP contribution in [0, 0.1) is 0 Å². The molecule has 2 rings (SSSR count). The van der Waals surface area contributed by atoms with Crippen LogP contribution in [0.3, 0.4) is 0 Å². The lowest BCUT2D eigenvalue weighted by Crippen LogP contribution is -2.26. The van der Waals surface area contributed by atoms with Crippen LogP contribution in [-0.2, 0) is 16.1 Å². The van der Waals surface area contributed by atoms with Crippen LogP contribution in [0.5, 0.6) is 0 Å². The summed E-state index contributed by atoms with van der Waals surface area (Å²) >= 11 is 3.33. The van der Waals surface area contributed by atoms with Gasteiger partial charge in [0.15, 0.2) is 0 Å². The molecule has 0 bridgehead atoms. The smallest absolute Gasteiger partial charge is 0.377 e. The molecule has 1 fully saturated rings. The Morgan fingerprint density at radius 3 is 2.61 bits per heavy atom. The van der Waals surface area contributed by atoms with Crippen molar-refractivity contribution >= 4 is 21.9 Å². The maximum atomic E-state index is 12.9. The van der Waals surface area contributed by atoms with Gasteiger partial charge in [-0.15, -0.1) is 0 Å². The minimum Gasteiger partial charge on any atom is -0.456 e. The average molecular weight is 320 g/mol. The molecule has 1 heterocycles. The Morgan fingerprint density at radius 1 is 1.39 bits per heavy atom. The summed E-state index contributed by atoms with van der Waals surface area (Å²) < 4.78 is 31.3. The van der Waals surface area contributed by atoms with E-state index in [1.54, 1.807) is 0 Å². The van der Waals surface area contributed by atoms with Gasteiger partial charge in [-0.05, 0) is 17.7 Å². The van der Waals surface area contributed by atoms with Crippen LogP contribution in [-0.4, -0.2) is 24.5 Å². The molecule has 0 aliphatic carbocycles. The highest BCUT2D eigenvalue weighted by Gasteiger charge is 2.50. The molecule has 1 aromatic rings. The van der Waals surface area contributed by atoms with Gasteiger partial charge in [0, 0.05) is 17.6 Å². The number of carbonyl (C=O) groups is 1. The van der Waals surface area contributed by atoms with Crippen molar-refractivity contribution in [2.75, 3.05) is 6.54 Å². The van der Waals surface area contributed by atoms with Crippen molar-refractivity contribution in [2.24, 2.45) is 0 Å². The molecule has 1 N–H and O–H groups in total. The van der Waals surface area contributed by atoms with Gasteiger partial charge in [0.2, 0.25) is 0 Å². The van der Waals surface area contributed by atoms with Crippen LogP contribution in [0.25, 0.3) is 0 Å². The second-order valence-corrected chi connectivity index (χ2v) is 5.11. The van der Waals surface area contributed by atoms with Gasteiger partial charge >= 0.3 is 11.9 Å². The van der Waals surface area contributed by atoms with E-state index in [0.717, 1.165) is 10.0 Å². The first-order chi connectivity index (χ1) is 8.47. The average Bonchev–Trinajstić information content (AvgIpc) is 2.56. The zero-order chi connectivity index (χ0) is 13.2. The molecule has 3 nitrogen and oxygen atoms in total. The summed E-state index contributed by atoms with van der Waals surface area (Å²) in [6, 6.07) is 7.65. The third-order valence-electron chi connectivity index (χ3n) is 2.67. The van der Waals surface area contributed by atoms with Gasteiger partial charge in [-0.3, -0.25) is 0 Å². The molecule has 98 valence electrons. The Balaban J connectivity index is 1.77. The van der Waals surface area contributed by atoms with E-state index >= 15 is 0 Å². The fourth-order valence-corrected chi connectivity index (χ4v) is 2.01. The maximum absolute atomic E-state index is 12.9. The number of cyclic esters (lactones) is 1. The molecule has 6 heteroatoms. The van der Waals surface area contributed by atoms with Crippen LogP contribution in [0.4, 0.5) is 8.78 Å². The van der Waals surface area contributed by atoms with Crippen molar-refractivity contribution in [3.8, 4) is 0 Å². The van der Waals surface area contributed by atoms with E-state index in [-0.39, 0.29) is 6.54 Å². The van der Waals surface area contributed by atoms with Crippen LogP contribution < -0.4 is 5.32 Å². The second-order valence-electron chi connectivity index (χ2n) is 4.19. The van der Waals surface area contributed by atoms with Crippen molar-refractivity contribution in [2.45, 2.75) is 25.0 Å². The lowest BCUT2D eigenvalue weighted by Gasteiger charge is -2.10. The van der Waals surface area contributed by atoms with Crippen molar-refractivity contribution in [3.63, 3.8) is 0 Å². The summed E-state index contributed by atoms with van der Waals surface area (Å²) in [4.78, 5) is 10.8. The summed E-state index contributed by atoms with van der Waals surface area (Å²) in [6.45, 7) is 0.782. The third-order valence-corrected chi connectivity index (χ3v) is 3.20. The number of halogens is 3. The number of rotatable bonds is 4. The number of carbonyl (C=O) groups excluding carboxylic acids is 1. The molecule has 0 radical (unpaired) electrons. The van der Waals surface area contributed by atoms with Crippen LogP contribution in [0.1, 0.15) is 12.0 Å². The molecule has 0 spiro atoms.